The van der Waals surface area contributed by atoms with Gasteiger partial charge in [0.15, 0.2) is 0 Å². The van der Waals surface area contributed by atoms with Gasteiger partial charge >= 0.3 is 12.0 Å². The Morgan fingerprint density at radius 2 is 2.26 bits per heavy atom. The van der Waals surface area contributed by atoms with E-state index in [1.54, 1.807) is 23.3 Å². The number of urea groups is 1. The number of amides is 2. The molecule has 0 unspecified atom stereocenters. The molecule has 6 heteroatoms. The minimum Gasteiger partial charge on any atom is -0.481 e. The molecule has 1 aliphatic rings. The average Bonchev–Trinajstić information content (AvgIpc) is 3.02. The molecule has 1 fully saturated rings. The van der Waals surface area contributed by atoms with Gasteiger partial charge in [0.05, 0.1) is 18.2 Å². The van der Waals surface area contributed by atoms with Crippen LogP contribution in [0.25, 0.3) is 0 Å². The zero-order chi connectivity index (χ0) is 13.9. The van der Waals surface area contributed by atoms with E-state index in [1.807, 2.05) is 6.92 Å². The number of hydrogen-bond donors (Lipinski definition) is 2. The zero-order valence-corrected chi connectivity index (χ0v) is 10.9. The zero-order valence-electron chi connectivity index (χ0n) is 10.9. The first-order chi connectivity index (χ1) is 9.07. The van der Waals surface area contributed by atoms with Crippen molar-refractivity contribution in [1.29, 1.82) is 0 Å². The van der Waals surface area contributed by atoms with Gasteiger partial charge in [-0.3, -0.25) is 4.79 Å². The number of aliphatic carboxylic acids is 1. The van der Waals surface area contributed by atoms with E-state index in [9.17, 15) is 9.59 Å². The molecule has 2 amide bonds. The predicted octanol–water partition coefficient (Wildman–Crippen LogP) is 1.68. The molecule has 19 heavy (non-hydrogen) atoms. The van der Waals surface area contributed by atoms with Crippen LogP contribution in [0.5, 0.6) is 0 Å². The molecule has 1 heterocycles. The Bertz CT molecular complexity index is 451. The van der Waals surface area contributed by atoms with Crippen molar-refractivity contribution < 1.29 is 19.1 Å². The maximum absolute atomic E-state index is 12.0. The first kappa shape index (κ1) is 13.5. The third-order valence-electron chi connectivity index (χ3n) is 3.48. The highest BCUT2D eigenvalue weighted by Crippen LogP contribution is 2.45. The van der Waals surface area contributed by atoms with Crippen LogP contribution in [-0.2, 0) is 11.3 Å². The quantitative estimate of drug-likeness (QED) is 0.820. The number of hydrogen-bond acceptors (Lipinski definition) is 3. The molecule has 0 atom stereocenters. The van der Waals surface area contributed by atoms with Crippen molar-refractivity contribution in [3.05, 3.63) is 24.2 Å². The van der Waals surface area contributed by atoms with Gasteiger partial charge in [-0.15, -0.1) is 0 Å². The Balaban J connectivity index is 1.85. The Morgan fingerprint density at radius 1 is 1.53 bits per heavy atom. The lowest BCUT2D eigenvalue weighted by atomic mass is 10.1. The summed E-state index contributed by atoms with van der Waals surface area (Å²) in [6, 6.07) is 3.31. The molecular formula is C13H18N2O4. The molecule has 0 spiro atoms. The lowest BCUT2D eigenvalue weighted by Gasteiger charge is -2.21. The van der Waals surface area contributed by atoms with Crippen LogP contribution in [-0.4, -0.2) is 35.1 Å². The Hall–Kier alpha value is -1.98. The number of carbonyl (C=O) groups excluding carboxylic acids is 1. The highest BCUT2D eigenvalue weighted by Gasteiger charge is 2.50. The fourth-order valence-electron chi connectivity index (χ4n) is 1.89. The van der Waals surface area contributed by atoms with Crippen LogP contribution in [0.3, 0.4) is 0 Å². The van der Waals surface area contributed by atoms with Gasteiger partial charge < -0.3 is 19.7 Å². The van der Waals surface area contributed by atoms with E-state index >= 15 is 0 Å². The van der Waals surface area contributed by atoms with Crippen molar-refractivity contribution in [3.8, 4) is 0 Å². The standard InChI is InChI=1S/C13H18N2O4/c1-2-15(8-10-4-3-7-19-10)12(18)14-9-13(5-6-13)11(16)17/h3-4,7H,2,5-6,8-9H2,1H3,(H,14,18)(H,16,17). The molecule has 1 saturated carbocycles. The van der Waals surface area contributed by atoms with Crippen molar-refractivity contribution in [2.45, 2.75) is 26.3 Å². The lowest BCUT2D eigenvalue weighted by Crippen LogP contribution is -2.43. The summed E-state index contributed by atoms with van der Waals surface area (Å²) >= 11 is 0. The van der Waals surface area contributed by atoms with Crippen molar-refractivity contribution in [2.75, 3.05) is 13.1 Å². The number of nitrogens with one attached hydrogen (secondary N) is 1. The number of carboxylic acid groups (broad SMARTS) is 1. The minimum atomic E-state index is -0.832. The maximum Gasteiger partial charge on any atom is 0.317 e. The fourth-order valence-corrected chi connectivity index (χ4v) is 1.89. The second-order valence-electron chi connectivity index (χ2n) is 4.84. The largest absolute Gasteiger partial charge is 0.481 e. The Morgan fingerprint density at radius 3 is 2.74 bits per heavy atom. The third kappa shape index (κ3) is 3.07. The SMILES string of the molecule is CCN(Cc1ccco1)C(=O)NCC1(C(=O)O)CC1. The highest BCUT2D eigenvalue weighted by atomic mass is 16.4. The van der Waals surface area contributed by atoms with Gasteiger partial charge in [-0.2, -0.15) is 0 Å². The third-order valence-corrected chi connectivity index (χ3v) is 3.48. The highest BCUT2D eigenvalue weighted by molar-refractivity contribution is 5.80. The maximum atomic E-state index is 12.0. The summed E-state index contributed by atoms with van der Waals surface area (Å²) in [6.45, 7) is 2.98. The van der Waals surface area contributed by atoms with E-state index in [0.29, 0.717) is 31.7 Å². The molecule has 0 aromatic carbocycles. The second-order valence-corrected chi connectivity index (χ2v) is 4.84. The first-order valence-electron chi connectivity index (χ1n) is 6.36. The van der Waals surface area contributed by atoms with Crippen LogP contribution < -0.4 is 5.32 Å². The first-order valence-corrected chi connectivity index (χ1v) is 6.36. The number of carboxylic acids is 1. The normalized spacial score (nSPS) is 15.8. The molecule has 0 radical (unpaired) electrons. The van der Waals surface area contributed by atoms with Gasteiger partial charge in [0.2, 0.25) is 0 Å². The summed E-state index contributed by atoms with van der Waals surface area (Å²) in [6.07, 6.45) is 2.82. The van der Waals surface area contributed by atoms with Crippen molar-refractivity contribution in [2.24, 2.45) is 5.41 Å². The molecule has 6 nitrogen and oxygen atoms in total. The summed E-state index contributed by atoms with van der Waals surface area (Å²) in [4.78, 5) is 24.6. The lowest BCUT2D eigenvalue weighted by molar-refractivity contribution is -0.143. The smallest absolute Gasteiger partial charge is 0.317 e. The van der Waals surface area contributed by atoms with Crippen LogP contribution in [0.1, 0.15) is 25.5 Å². The fraction of sp³-hybridized carbons (Fsp3) is 0.538. The molecule has 0 bridgehead atoms. The molecule has 1 aromatic heterocycles. The van der Waals surface area contributed by atoms with Gasteiger partial charge in [0.25, 0.3) is 0 Å². The van der Waals surface area contributed by atoms with Gasteiger partial charge in [-0.05, 0) is 31.9 Å². The Kier molecular flexibility index (Phi) is 3.78. The molecule has 1 aliphatic carbocycles. The van der Waals surface area contributed by atoms with Gasteiger partial charge in [0, 0.05) is 13.1 Å². The molecular weight excluding hydrogens is 248 g/mol. The van der Waals surface area contributed by atoms with E-state index < -0.39 is 11.4 Å². The summed E-state index contributed by atoms with van der Waals surface area (Å²) in [5.74, 6) is -0.127. The summed E-state index contributed by atoms with van der Waals surface area (Å²) in [5, 5.41) is 11.7. The van der Waals surface area contributed by atoms with Gasteiger partial charge in [-0.1, -0.05) is 0 Å². The molecule has 0 aliphatic heterocycles. The summed E-state index contributed by atoms with van der Waals surface area (Å²) in [5.41, 5.74) is -0.736. The van der Waals surface area contributed by atoms with Crippen molar-refractivity contribution in [3.63, 3.8) is 0 Å². The van der Waals surface area contributed by atoms with Crippen LogP contribution in [0.15, 0.2) is 22.8 Å². The number of nitrogens with zero attached hydrogens (tertiary/aromatic N) is 1. The summed E-state index contributed by atoms with van der Waals surface area (Å²) < 4.78 is 5.20. The molecule has 0 saturated heterocycles. The second kappa shape index (κ2) is 5.34. The van der Waals surface area contributed by atoms with Crippen LogP contribution in [0.2, 0.25) is 0 Å². The molecule has 1 aromatic rings. The molecule has 2 N–H and O–H groups in total. The van der Waals surface area contributed by atoms with Crippen molar-refractivity contribution >= 4 is 12.0 Å². The van der Waals surface area contributed by atoms with E-state index in [2.05, 4.69) is 5.32 Å². The van der Waals surface area contributed by atoms with Crippen molar-refractivity contribution in [1.82, 2.24) is 10.2 Å². The molecule has 104 valence electrons. The van der Waals surface area contributed by atoms with E-state index in [0.717, 1.165) is 0 Å². The number of furan rings is 1. The predicted molar refractivity (Wildman–Crippen MR) is 67.5 cm³/mol. The van der Waals surface area contributed by atoms with E-state index in [4.69, 9.17) is 9.52 Å². The minimum absolute atomic E-state index is 0.190. The average molecular weight is 266 g/mol. The van der Waals surface area contributed by atoms with Crippen LogP contribution in [0, 0.1) is 5.41 Å². The van der Waals surface area contributed by atoms with Gasteiger partial charge in [0.1, 0.15) is 5.76 Å². The van der Waals surface area contributed by atoms with Gasteiger partial charge in [-0.25, -0.2) is 4.79 Å². The summed E-state index contributed by atoms with van der Waals surface area (Å²) in [7, 11) is 0. The van der Waals surface area contributed by atoms with Crippen LogP contribution >= 0.6 is 0 Å². The number of carbonyl (C=O) groups is 2. The number of rotatable bonds is 6. The topological polar surface area (TPSA) is 82.8 Å². The monoisotopic (exact) mass is 266 g/mol. The van der Waals surface area contributed by atoms with E-state index in [1.165, 1.54) is 0 Å². The van der Waals surface area contributed by atoms with Crippen LogP contribution in [0.4, 0.5) is 4.79 Å². The molecule has 2 rings (SSSR count). The van der Waals surface area contributed by atoms with E-state index in [-0.39, 0.29) is 12.6 Å². The Labute approximate surface area is 111 Å².